The SMILES string of the molecule is Fc1ccccc1-c1csc(C(F)(F)F)n1. The number of halogens is 4. The Morgan fingerprint density at radius 2 is 1.81 bits per heavy atom. The van der Waals surface area contributed by atoms with Crippen LogP contribution in [0.2, 0.25) is 0 Å². The highest BCUT2D eigenvalue weighted by atomic mass is 32.1. The van der Waals surface area contributed by atoms with Gasteiger partial charge in [-0.3, -0.25) is 0 Å². The Bertz CT molecular complexity index is 504. The molecule has 0 saturated carbocycles. The Labute approximate surface area is 92.4 Å². The largest absolute Gasteiger partial charge is 0.443 e. The fourth-order valence-electron chi connectivity index (χ4n) is 1.20. The van der Waals surface area contributed by atoms with Crippen molar-refractivity contribution in [3.05, 3.63) is 40.5 Å². The van der Waals surface area contributed by atoms with E-state index in [0.29, 0.717) is 11.3 Å². The zero-order valence-electron chi connectivity index (χ0n) is 7.75. The van der Waals surface area contributed by atoms with Crippen molar-refractivity contribution in [2.24, 2.45) is 0 Å². The van der Waals surface area contributed by atoms with Crippen LogP contribution in [-0.2, 0) is 6.18 Å². The molecule has 0 bridgehead atoms. The standard InChI is InChI=1S/C10H5F4NS/c11-7-4-2-1-3-6(7)8-5-16-9(15-8)10(12,13)14/h1-5H. The lowest BCUT2D eigenvalue weighted by Gasteiger charge is -2.00. The van der Waals surface area contributed by atoms with Gasteiger partial charge < -0.3 is 0 Å². The van der Waals surface area contributed by atoms with Crippen LogP contribution < -0.4 is 0 Å². The van der Waals surface area contributed by atoms with Gasteiger partial charge in [0, 0.05) is 10.9 Å². The Hall–Kier alpha value is -1.43. The number of hydrogen-bond acceptors (Lipinski definition) is 2. The lowest BCUT2D eigenvalue weighted by Crippen LogP contribution is -2.03. The summed E-state index contributed by atoms with van der Waals surface area (Å²) in [7, 11) is 0. The van der Waals surface area contributed by atoms with Gasteiger partial charge >= 0.3 is 6.18 Å². The molecule has 0 fully saturated rings. The molecule has 6 heteroatoms. The first kappa shape index (κ1) is 11.1. The smallest absolute Gasteiger partial charge is 0.232 e. The molecule has 0 saturated heterocycles. The molecule has 0 unspecified atom stereocenters. The van der Waals surface area contributed by atoms with Gasteiger partial charge in [0.2, 0.25) is 0 Å². The molecule has 1 aromatic carbocycles. The van der Waals surface area contributed by atoms with E-state index in [1.54, 1.807) is 6.07 Å². The van der Waals surface area contributed by atoms with E-state index in [9.17, 15) is 17.6 Å². The van der Waals surface area contributed by atoms with Crippen molar-refractivity contribution in [3.63, 3.8) is 0 Å². The monoisotopic (exact) mass is 247 g/mol. The normalized spacial score (nSPS) is 11.8. The van der Waals surface area contributed by atoms with Gasteiger partial charge in [-0.1, -0.05) is 12.1 Å². The minimum atomic E-state index is -4.48. The summed E-state index contributed by atoms with van der Waals surface area (Å²) < 4.78 is 50.1. The second kappa shape index (κ2) is 3.86. The van der Waals surface area contributed by atoms with E-state index in [2.05, 4.69) is 4.98 Å². The Kier molecular flexibility index (Phi) is 2.67. The number of alkyl halides is 3. The number of nitrogens with zero attached hydrogens (tertiary/aromatic N) is 1. The maximum absolute atomic E-state index is 13.3. The van der Waals surface area contributed by atoms with E-state index < -0.39 is 17.0 Å². The van der Waals surface area contributed by atoms with Crippen LogP contribution in [0.5, 0.6) is 0 Å². The van der Waals surface area contributed by atoms with Crippen LogP contribution in [0.1, 0.15) is 5.01 Å². The van der Waals surface area contributed by atoms with Crippen LogP contribution in [0.25, 0.3) is 11.3 Å². The van der Waals surface area contributed by atoms with Crippen molar-refractivity contribution in [3.8, 4) is 11.3 Å². The molecule has 2 rings (SSSR count). The highest BCUT2D eigenvalue weighted by Crippen LogP contribution is 2.34. The number of thiazole rings is 1. The molecule has 0 N–H and O–H groups in total. The molecule has 16 heavy (non-hydrogen) atoms. The highest BCUT2D eigenvalue weighted by Gasteiger charge is 2.34. The van der Waals surface area contributed by atoms with Crippen LogP contribution in [0.3, 0.4) is 0 Å². The minimum Gasteiger partial charge on any atom is -0.232 e. The van der Waals surface area contributed by atoms with Crippen molar-refractivity contribution in [1.82, 2.24) is 4.98 Å². The fourth-order valence-corrected chi connectivity index (χ4v) is 1.88. The van der Waals surface area contributed by atoms with Gasteiger partial charge in [-0.15, -0.1) is 11.3 Å². The first-order chi connectivity index (χ1) is 7.48. The van der Waals surface area contributed by atoms with Gasteiger partial charge in [0.25, 0.3) is 0 Å². The summed E-state index contributed by atoms with van der Waals surface area (Å²) in [6.45, 7) is 0. The molecule has 0 atom stereocenters. The molecule has 1 heterocycles. The fraction of sp³-hybridized carbons (Fsp3) is 0.100. The highest BCUT2D eigenvalue weighted by molar-refractivity contribution is 7.10. The van der Waals surface area contributed by atoms with E-state index in [0.717, 1.165) is 0 Å². The van der Waals surface area contributed by atoms with Crippen LogP contribution in [0.15, 0.2) is 29.6 Å². The van der Waals surface area contributed by atoms with Crippen LogP contribution in [-0.4, -0.2) is 4.98 Å². The number of aromatic nitrogens is 1. The third-order valence-electron chi connectivity index (χ3n) is 1.90. The van der Waals surface area contributed by atoms with Gasteiger partial charge in [0.1, 0.15) is 5.82 Å². The maximum Gasteiger partial charge on any atom is 0.443 e. The van der Waals surface area contributed by atoms with Gasteiger partial charge in [-0.25, -0.2) is 9.37 Å². The lowest BCUT2D eigenvalue weighted by molar-refractivity contribution is -0.137. The van der Waals surface area contributed by atoms with E-state index in [4.69, 9.17) is 0 Å². The average Bonchev–Trinajstić information content (AvgIpc) is 2.66. The van der Waals surface area contributed by atoms with Crippen molar-refractivity contribution < 1.29 is 17.6 Å². The summed E-state index contributed by atoms with van der Waals surface area (Å²) in [5.41, 5.74) is 0.0877. The molecule has 0 amide bonds. The van der Waals surface area contributed by atoms with E-state index in [1.165, 1.54) is 23.6 Å². The first-order valence-corrected chi connectivity index (χ1v) is 5.14. The van der Waals surface area contributed by atoms with Crippen molar-refractivity contribution >= 4 is 11.3 Å². The molecule has 2 aromatic rings. The number of hydrogen-bond donors (Lipinski definition) is 0. The minimum absolute atomic E-state index is 0.00965. The lowest BCUT2D eigenvalue weighted by atomic mass is 10.2. The Balaban J connectivity index is 2.44. The summed E-state index contributed by atoms with van der Waals surface area (Å²) >= 11 is 0.457. The topological polar surface area (TPSA) is 12.9 Å². The summed E-state index contributed by atoms with van der Waals surface area (Å²) in [4.78, 5) is 3.37. The second-order valence-electron chi connectivity index (χ2n) is 3.02. The second-order valence-corrected chi connectivity index (χ2v) is 3.87. The number of benzene rings is 1. The third-order valence-corrected chi connectivity index (χ3v) is 2.78. The summed E-state index contributed by atoms with van der Waals surface area (Å²) in [5.74, 6) is -0.582. The molecule has 1 aromatic heterocycles. The molecular formula is C10H5F4NS. The quantitative estimate of drug-likeness (QED) is 0.695. The van der Waals surface area contributed by atoms with Crippen molar-refractivity contribution in [1.29, 1.82) is 0 Å². The molecule has 84 valence electrons. The zero-order chi connectivity index (χ0) is 11.8. The first-order valence-electron chi connectivity index (χ1n) is 4.26. The predicted octanol–water partition coefficient (Wildman–Crippen LogP) is 3.97. The molecule has 0 radical (unpaired) electrons. The van der Waals surface area contributed by atoms with Gasteiger partial charge in [0.05, 0.1) is 5.69 Å². The average molecular weight is 247 g/mol. The number of rotatable bonds is 1. The Morgan fingerprint density at radius 3 is 2.38 bits per heavy atom. The van der Waals surface area contributed by atoms with Gasteiger partial charge in [-0.2, -0.15) is 13.2 Å². The van der Waals surface area contributed by atoms with Crippen LogP contribution in [0.4, 0.5) is 17.6 Å². The van der Waals surface area contributed by atoms with Crippen molar-refractivity contribution in [2.45, 2.75) is 6.18 Å². The van der Waals surface area contributed by atoms with Crippen LogP contribution >= 0.6 is 11.3 Å². The maximum atomic E-state index is 13.3. The van der Waals surface area contributed by atoms with Crippen molar-refractivity contribution in [2.75, 3.05) is 0 Å². The van der Waals surface area contributed by atoms with E-state index in [-0.39, 0.29) is 11.3 Å². The Morgan fingerprint density at radius 1 is 1.12 bits per heavy atom. The van der Waals surface area contributed by atoms with E-state index >= 15 is 0 Å². The van der Waals surface area contributed by atoms with Gasteiger partial charge in [0.15, 0.2) is 5.01 Å². The summed E-state index contributed by atoms with van der Waals surface area (Å²) in [5, 5.41) is 0.229. The summed E-state index contributed by atoms with van der Waals surface area (Å²) in [6, 6.07) is 5.59. The van der Waals surface area contributed by atoms with Crippen LogP contribution in [0, 0.1) is 5.82 Å². The molecule has 0 aliphatic rings. The molecule has 0 aliphatic heterocycles. The molecule has 0 spiro atoms. The summed E-state index contributed by atoms with van der Waals surface area (Å²) in [6.07, 6.45) is -4.48. The molecular weight excluding hydrogens is 242 g/mol. The predicted molar refractivity (Wildman–Crippen MR) is 52.5 cm³/mol. The van der Waals surface area contributed by atoms with Gasteiger partial charge in [-0.05, 0) is 12.1 Å². The van der Waals surface area contributed by atoms with E-state index in [1.807, 2.05) is 0 Å². The zero-order valence-corrected chi connectivity index (χ0v) is 8.57. The third kappa shape index (κ3) is 2.06. The molecule has 1 nitrogen and oxygen atoms in total. The molecule has 0 aliphatic carbocycles.